The molecule has 0 saturated heterocycles. The van der Waals surface area contributed by atoms with Crippen molar-refractivity contribution in [3.05, 3.63) is 70.8 Å². The first-order valence-electron chi connectivity index (χ1n) is 7.99. The molecular weight excluding hydrogens is 286 g/mol. The van der Waals surface area contributed by atoms with E-state index in [4.69, 9.17) is 9.47 Å². The molecule has 3 heteroatoms. The minimum atomic E-state index is 0.556. The van der Waals surface area contributed by atoms with Crippen LogP contribution < -0.4 is 4.67 Å². The number of hydrogen-bond donors (Lipinski definition) is 0. The molecule has 0 N–H and O–H groups in total. The van der Waals surface area contributed by atoms with E-state index in [0.717, 1.165) is 11.1 Å². The van der Waals surface area contributed by atoms with E-state index in [1.165, 1.54) is 11.1 Å². The van der Waals surface area contributed by atoms with Gasteiger partial charge in [0.15, 0.2) is 0 Å². The Hall–Kier alpha value is -2.51. The maximum Gasteiger partial charge on any atom is 0.499 e. The van der Waals surface area contributed by atoms with E-state index in [2.05, 4.69) is 42.8 Å². The Kier molecular flexibility index (Phi) is 6.02. The van der Waals surface area contributed by atoms with Crippen molar-refractivity contribution in [2.24, 2.45) is 0 Å². The van der Waals surface area contributed by atoms with Crippen molar-refractivity contribution in [3.8, 4) is 0 Å². The third-order valence-electron chi connectivity index (χ3n) is 3.36. The van der Waals surface area contributed by atoms with Crippen molar-refractivity contribution < 1.29 is 9.47 Å². The lowest BCUT2D eigenvalue weighted by Crippen LogP contribution is -2.17. The van der Waals surface area contributed by atoms with Gasteiger partial charge in [0.05, 0.1) is 13.2 Å². The maximum atomic E-state index is 5.74. The Bertz CT molecular complexity index is 634. The summed E-state index contributed by atoms with van der Waals surface area (Å²) in [5.74, 6) is 1.16. The molecule has 23 heavy (non-hydrogen) atoms. The highest BCUT2D eigenvalue weighted by Crippen LogP contribution is 2.06. The average Bonchev–Trinajstić information content (AvgIpc) is 2.55. The van der Waals surface area contributed by atoms with Gasteiger partial charge in [0, 0.05) is 4.67 Å². The first kappa shape index (κ1) is 16.9. The summed E-state index contributed by atoms with van der Waals surface area (Å²) in [5, 5.41) is 0. The molecule has 0 bridgehead atoms. The summed E-state index contributed by atoms with van der Waals surface area (Å²) in [6, 6.07) is 16.3. The largest absolute Gasteiger partial charge is 0.499 e. The number of rotatable bonds is 4. The second kappa shape index (κ2) is 8.21. The predicted molar refractivity (Wildman–Crippen MR) is 96.0 cm³/mol. The van der Waals surface area contributed by atoms with Gasteiger partial charge in [-0.15, -0.1) is 0 Å². The van der Waals surface area contributed by atoms with E-state index in [1.807, 2.05) is 38.1 Å². The molecule has 0 aliphatic heterocycles. The van der Waals surface area contributed by atoms with Gasteiger partial charge in [0.25, 0.3) is 0 Å². The van der Waals surface area contributed by atoms with Gasteiger partial charge in [-0.1, -0.05) is 35.4 Å². The SMILES string of the molecule is CCOC(=[N+]=C(OCC)c1ccc(C)cc1)c1ccc(C)cc1. The fourth-order valence-corrected chi connectivity index (χ4v) is 2.12. The summed E-state index contributed by atoms with van der Waals surface area (Å²) >= 11 is 0. The molecule has 2 aromatic carbocycles. The topological polar surface area (TPSA) is 32.6 Å². The lowest BCUT2D eigenvalue weighted by Gasteiger charge is -2.00. The molecule has 0 spiro atoms. The minimum Gasteiger partial charge on any atom is -0.432 e. The van der Waals surface area contributed by atoms with Crippen LogP contribution in [0.3, 0.4) is 0 Å². The van der Waals surface area contributed by atoms with Crippen LogP contribution in [0.25, 0.3) is 0 Å². The Balaban J connectivity index is 2.54. The highest BCUT2D eigenvalue weighted by molar-refractivity contribution is 6.01. The van der Waals surface area contributed by atoms with Crippen molar-refractivity contribution in [2.45, 2.75) is 27.7 Å². The van der Waals surface area contributed by atoms with Gasteiger partial charge in [0.2, 0.25) is 0 Å². The lowest BCUT2D eigenvalue weighted by atomic mass is 10.1. The van der Waals surface area contributed by atoms with Gasteiger partial charge in [-0.3, -0.25) is 0 Å². The first-order chi connectivity index (χ1) is 11.1. The third-order valence-corrected chi connectivity index (χ3v) is 3.36. The van der Waals surface area contributed by atoms with Crippen LogP contribution in [0.4, 0.5) is 0 Å². The molecule has 0 saturated carbocycles. The van der Waals surface area contributed by atoms with E-state index >= 15 is 0 Å². The fourth-order valence-electron chi connectivity index (χ4n) is 2.12. The molecule has 0 aliphatic carbocycles. The van der Waals surface area contributed by atoms with E-state index in [1.54, 1.807) is 0 Å². The normalized spacial score (nSPS) is 9.91. The summed E-state index contributed by atoms with van der Waals surface area (Å²) in [6.07, 6.45) is 0. The molecule has 2 aromatic rings. The van der Waals surface area contributed by atoms with Crippen molar-refractivity contribution in [3.63, 3.8) is 0 Å². The highest BCUT2D eigenvalue weighted by atomic mass is 16.5. The van der Waals surface area contributed by atoms with Gasteiger partial charge in [-0.2, -0.15) is 0 Å². The maximum absolute atomic E-state index is 5.74. The minimum absolute atomic E-state index is 0.556. The number of hydrogen-bond acceptors (Lipinski definition) is 2. The molecule has 0 amide bonds. The van der Waals surface area contributed by atoms with Crippen LogP contribution in [0, 0.1) is 13.8 Å². The van der Waals surface area contributed by atoms with Crippen LogP contribution in [-0.4, -0.2) is 25.0 Å². The molecule has 0 aromatic heterocycles. The van der Waals surface area contributed by atoms with Gasteiger partial charge in [-0.05, 0) is 52.0 Å². The van der Waals surface area contributed by atoms with Crippen LogP contribution in [-0.2, 0) is 9.47 Å². The van der Waals surface area contributed by atoms with Crippen molar-refractivity contribution in [1.82, 2.24) is 4.67 Å². The summed E-state index contributed by atoms with van der Waals surface area (Å²) in [6.45, 7) is 9.14. The number of benzene rings is 2. The molecule has 3 nitrogen and oxygen atoms in total. The van der Waals surface area contributed by atoms with E-state index in [-0.39, 0.29) is 0 Å². The van der Waals surface area contributed by atoms with Gasteiger partial charge >= 0.3 is 11.8 Å². The molecule has 2 rings (SSSR count). The Morgan fingerprint density at radius 2 is 1.04 bits per heavy atom. The van der Waals surface area contributed by atoms with Gasteiger partial charge < -0.3 is 9.47 Å². The summed E-state index contributed by atoms with van der Waals surface area (Å²) in [7, 11) is 0. The van der Waals surface area contributed by atoms with E-state index in [0.29, 0.717) is 25.0 Å². The standard InChI is InChI=1S/C20H24NO2/c1-5-22-19(17-11-7-15(3)8-12-17)21-20(23-6-2)18-13-9-16(4)10-14-18/h7-14H,5-6H2,1-4H3/q+1. The van der Waals surface area contributed by atoms with Gasteiger partial charge in [-0.25, -0.2) is 0 Å². The van der Waals surface area contributed by atoms with Crippen molar-refractivity contribution >= 4 is 11.8 Å². The number of ether oxygens (including phenoxy) is 2. The average molecular weight is 310 g/mol. The smallest absolute Gasteiger partial charge is 0.432 e. The van der Waals surface area contributed by atoms with Crippen LogP contribution in [0.5, 0.6) is 0 Å². The molecular formula is C20H24NO2+. The molecule has 0 radical (unpaired) electrons. The lowest BCUT2D eigenvalue weighted by molar-refractivity contribution is 0.316. The first-order valence-corrected chi connectivity index (χ1v) is 7.99. The molecule has 120 valence electrons. The van der Waals surface area contributed by atoms with Crippen molar-refractivity contribution in [1.29, 1.82) is 0 Å². The van der Waals surface area contributed by atoms with Crippen LogP contribution in [0.15, 0.2) is 48.5 Å². The molecule has 0 aliphatic rings. The predicted octanol–water partition coefficient (Wildman–Crippen LogP) is 3.64. The number of nitrogens with zero attached hydrogens (tertiary/aromatic N) is 1. The van der Waals surface area contributed by atoms with Crippen LogP contribution in [0.1, 0.15) is 36.1 Å². The molecule has 0 unspecified atom stereocenters. The zero-order valence-electron chi connectivity index (χ0n) is 14.3. The van der Waals surface area contributed by atoms with E-state index < -0.39 is 0 Å². The van der Waals surface area contributed by atoms with Crippen LogP contribution in [0.2, 0.25) is 0 Å². The quantitative estimate of drug-likeness (QED) is 0.491. The summed E-state index contributed by atoms with van der Waals surface area (Å²) in [4.78, 5) is 0. The van der Waals surface area contributed by atoms with Crippen LogP contribution >= 0.6 is 0 Å². The molecule has 0 atom stereocenters. The summed E-state index contributed by atoms with van der Waals surface area (Å²) in [5.41, 5.74) is 4.30. The molecule has 0 fully saturated rings. The monoisotopic (exact) mass is 310 g/mol. The van der Waals surface area contributed by atoms with E-state index in [9.17, 15) is 0 Å². The Labute approximate surface area is 138 Å². The fraction of sp³-hybridized carbons (Fsp3) is 0.300. The molecule has 0 heterocycles. The highest BCUT2D eigenvalue weighted by Gasteiger charge is 2.21. The van der Waals surface area contributed by atoms with Gasteiger partial charge in [0.1, 0.15) is 11.1 Å². The zero-order chi connectivity index (χ0) is 16.7. The number of aryl methyl sites for hydroxylation is 2. The zero-order valence-corrected chi connectivity index (χ0v) is 14.3. The second-order valence-corrected chi connectivity index (χ2v) is 5.32. The Morgan fingerprint density at radius 3 is 1.35 bits per heavy atom. The third kappa shape index (κ3) is 4.73. The second-order valence-electron chi connectivity index (χ2n) is 5.32. The summed E-state index contributed by atoms with van der Waals surface area (Å²) < 4.78 is 16.1. The van der Waals surface area contributed by atoms with Crippen molar-refractivity contribution in [2.75, 3.05) is 13.2 Å². The Morgan fingerprint density at radius 1 is 0.696 bits per heavy atom.